The standard InChI is InChI=1S/C8H11NO3/c1-3-4-5-7(8(11)12)9-6(2)10/h1,7H,4-5H2,2H3,(H,9,10)(H,11,12)/t7-/m1/s1. The molecular weight excluding hydrogens is 158 g/mol. The minimum Gasteiger partial charge on any atom is -0.480 e. The van der Waals surface area contributed by atoms with E-state index >= 15 is 0 Å². The first-order valence-corrected chi connectivity index (χ1v) is 3.51. The molecule has 0 saturated heterocycles. The van der Waals surface area contributed by atoms with Crippen LogP contribution in [0.25, 0.3) is 0 Å². The van der Waals surface area contributed by atoms with Gasteiger partial charge in [0, 0.05) is 13.3 Å². The van der Waals surface area contributed by atoms with Crippen molar-refractivity contribution >= 4 is 11.9 Å². The Morgan fingerprint density at radius 2 is 2.25 bits per heavy atom. The molecule has 0 radical (unpaired) electrons. The fourth-order valence-electron chi connectivity index (χ4n) is 0.730. The second kappa shape index (κ2) is 5.19. The average molecular weight is 169 g/mol. The predicted octanol–water partition coefficient (Wildman–Crippen LogP) is -0.0109. The van der Waals surface area contributed by atoms with Crippen molar-refractivity contribution in [1.82, 2.24) is 5.32 Å². The number of hydrogen-bond acceptors (Lipinski definition) is 2. The zero-order valence-electron chi connectivity index (χ0n) is 6.83. The predicted molar refractivity (Wildman–Crippen MR) is 43.3 cm³/mol. The third kappa shape index (κ3) is 4.34. The van der Waals surface area contributed by atoms with Crippen molar-refractivity contribution in [2.75, 3.05) is 0 Å². The van der Waals surface area contributed by atoms with E-state index in [1.54, 1.807) is 0 Å². The largest absolute Gasteiger partial charge is 0.480 e. The lowest BCUT2D eigenvalue weighted by atomic mass is 10.1. The Morgan fingerprint density at radius 1 is 1.67 bits per heavy atom. The maximum absolute atomic E-state index is 10.5. The molecule has 0 spiro atoms. The number of hydrogen-bond donors (Lipinski definition) is 2. The van der Waals surface area contributed by atoms with Crippen molar-refractivity contribution in [2.24, 2.45) is 0 Å². The number of amides is 1. The topological polar surface area (TPSA) is 66.4 Å². The van der Waals surface area contributed by atoms with Gasteiger partial charge in [0.2, 0.25) is 5.91 Å². The number of carboxylic acids is 1. The van der Waals surface area contributed by atoms with Crippen LogP contribution in [0.1, 0.15) is 19.8 Å². The van der Waals surface area contributed by atoms with E-state index in [1.807, 2.05) is 0 Å². The molecule has 4 nitrogen and oxygen atoms in total. The summed E-state index contributed by atoms with van der Waals surface area (Å²) in [5.41, 5.74) is 0. The van der Waals surface area contributed by atoms with Crippen molar-refractivity contribution in [2.45, 2.75) is 25.8 Å². The van der Waals surface area contributed by atoms with Crippen molar-refractivity contribution < 1.29 is 14.7 Å². The number of aliphatic carboxylic acids is 1. The molecule has 0 aliphatic rings. The van der Waals surface area contributed by atoms with Gasteiger partial charge in [-0.3, -0.25) is 4.79 Å². The normalized spacial score (nSPS) is 11.3. The highest BCUT2D eigenvalue weighted by molar-refractivity contribution is 5.81. The molecule has 0 bridgehead atoms. The van der Waals surface area contributed by atoms with Crippen LogP contribution >= 0.6 is 0 Å². The van der Waals surface area contributed by atoms with Crippen LogP contribution in [0.2, 0.25) is 0 Å². The number of carbonyl (C=O) groups excluding carboxylic acids is 1. The Kier molecular flexibility index (Phi) is 4.54. The van der Waals surface area contributed by atoms with Crippen LogP contribution in [0.15, 0.2) is 0 Å². The summed E-state index contributed by atoms with van der Waals surface area (Å²) in [6.07, 6.45) is 5.57. The van der Waals surface area contributed by atoms with Crippen LogP contribution in [0.5, 0.6) is 0 Å². The molecule has 0 aliphatic heterocycles. The third-order valence-electron chi connectivity index (χ3n) is 1.25. The molecule has 2 N–H and O–H groups in total. The lowest BCUT2D eigenvalue weighted by molar-refractivity contribution is -0.141. The molecule has 0 rings (SSSR count). The summed E-state index contributed by atoms with van der Waals surface area (Å²) in [7, 11) is 0. The molecule has 12 heavy (non-hydrogen) atoms. The summed E-state index contributed by atoms with van der Waals surface area (Å²) >= 11 is 0. The van der Waals surface area contributed by atoms with Gasteiger partial charge in [-0.2, -0.15) is 0 Å². The molecule has 66 valence electrons. The number of nitrogens with one attached hydrogen (secondary N) is 1. The van der Waals surface area contributed by atoms with Gasteiger partial charge >= 0.3 is 5.97 Å². The van der Waals surface area contributed by atoms with Gasteiger partial charge in [0.25, 0.3) is 0 Å². The van der Waals surface area contributed by atoms with Gasteiger partial charge in [-0.25, -0.2) is 4.79 Å². The fraction of sp³-hybridized carbons (Fsp3) is 0.500. The third-order valence-corrected chi connectivity index (χ3v) is 1.25. The van der Waals surface area contributed by atoms with Crippen LogP contribution in [0, 0.1) is 12.3 Å². The lowest BCUT2D eigenvalue weighted by Crippen LogP contribution is -2.39. The van der Waals surface area contributed by atoms with E-state index in [2.05, 4.69) is 11.2 Å². The van der Waals surface area contributed by atoms with E-state index in [4.69, 9.17) is 11.5 Å². The fourth-order valence-corrected chi connectivity index (χ4v) is 0.730. The van der Waals surface area contributed by atoms with Crippen LogP contribution in [0.4, 0.5) is 0 Å². The van der Waals surface area contributed by atoms with Gasteiger partial charge in [-0.1, -0.05) is 0 Å². The maximum atomic E-state index is 10.5. The smallest absolute Gasteiger partial charge is 0.326 e. The highest BCUT2D eigenvalue weighted by Crippen LogP contribution is 1.96. The Labute approximate surface area is 71.0 Å². The molecule has 0 aromatic rings. The maximum Gasteiger partial charge on any atom is 0.326 e. The van der Waals surface area contributed by atoms with E-state index in [9.17, 15) is 9.59 Å². The van der Waals surface area contributed by atoms with Crippen molar-refractivity contribution in [3.05, 3.63) is 0 Å². The zero-order valence-corrected chi connectivity index (χ0v) is 6.83. The van der Waals surface area contributed by atoms with Crippen LogP contribution in [-0.2, 0) is 9.59 Å². The first-order chi connectivity index (χ1) is 5.57. The highest BCUT2D eigenvalue weighted by Gasteiger charge is 2.16. The van der Waals surface area contributed by atoms with E-state index in [1.165, 1.54) is 6.92 Å². The van der Waals surface area contributed by atoms with E-state index < -0.39 is 12.0 Å². The average Bonchev–Trinajstić information content (AvgIpc) is 1.96. The summed E-state index contributed by atoms with van der Waals surface area (Å²) in [6.45, 7) is 1.27. The summed E-state index contributed by atoms with van der Waals surface area (Å²) in [5.74, 6) is 0.895. The first-order valence-electron chi connectivity index (χ1n) is 3.51. The molecule has 4 heteroatoms. The van der Waals surface area contributed by atoms with Gasteiger partial charge in [0.15, 0.2) is 0 Å². The molecule has 0 aromatic carbocycles. The van der Waals surface area contributed by atoms with Gasteiger partial charge < -0.3 is 10.4 Å². The Bertz CT molecular complexity index is 217. The summed E-state index contributed by atoms with van der Waals surface area (Å²) in [4.78, 5) is 21.0. The Morgan fingerprint density at radius 3 is 2.58 bits per heavy atom. The number of rotatable bonds is 4. The van der Waals surface area contributed by atoms with Gasteiger partial charge in [0.05, 0.1) is 0 Å². The summed E-state index contributed by atoms with van der Waals surface area (Å²) < 4.78 is 0. The van der Waals surface area contributed by atoms with Gasteiger partial charge in [-0.15, -0.1) is 12.3 Å². The Hall–Kier alpha value is -1.50. The van der Waals surface area contributed by atoms with E-state index in [0.717, 1.165) is 0 Å². The quantitative estimate of drug-likeness (QED) is 0.581. The summed E-state index contributed by atoms with van der Waals surface area (Å²) in [6, 6.07) is -0.862. The van der Waals surface area contributed by atoms with Crippen LogP contribution in [-0.4, -0.2) is 23.0 Å². The molecule has 0 aliphatic carbocycles. The number of carbonyl (C=O) groups is 2. The van der Waals surface area contributed by atoms with Crippen molar-refractivity contribution in [1.29, 1.82) is 0 Å². The van der Waals surface area contributed by atoms with Crippen LogP contribution < -0.4 is 5.32 Å². The monoisotopic (exact) mass is 169 g/mol. The molecular formula is C8H11NO3. The molecule has 1 amide bonds. The minimum atomic E-state index is -1.06. The SMILES string of the molecule is C#CCC[C@@H](NC(C)=O)C(=O)O. The second-order valence-electron chi connectivity index (χ2n) is 2.33. The van der Waals surface area contributed by atoms with Crippen LogP contribution in [0.3, 0.4) is 0 Å². The number of carboxylic acid groups (broad SMARTS) is 1. The van der Waals surface area contributed by atoms with Crippen molar-refractivity contribution in [3.8, 4) is 12.3 Å². The zero-order chi connectivity index (χ0) is 9.56. The van der Waals surface area contributed by atoms with E-state index in [0.29, 0.717) is 6.42 Å². The van der Waals surface area contributed by atoms with Gasteiger partial charge in [0.1, 0.15) is 6.04 Å². The first kappa shape index (κ1) is 10.5. The highest BCUT2D eigenvalue weighted by atomic mass is 16.4. The van der Waals surface area contributed by atoms with E-state index in [-0.39, 0.29) is 12.3 Å². The molecule has 0 fully saturated rings. The molecule has 0 aromatic heterocycles. The molecule has 0 unspecified atom stereocenters. The number of terminal acetylenes is 1. The second-order valence-corrected chi connectivity index (χ2v) is 2.33. The van der Waals surface area contributed by atoms with Gasteiger partial charge in [-0.05, 0) is 6.42 Å². The molecule has 1 atom stereocenters. The lowest BCUT2D eigenvalue weighted by Gasteiger charge is -2.10. The Balaban J connectivity index is 3.97. The van der Waals surface area contributed by atoms with Crippen molar-refractivity contribution in [3.63, 3.8) is 0 Å². The molecule has 0 heterocycles. The molecule has 0 saturated carbocycles. The minimum absolute atomic E-state index is 0.269. The summed E-state index contributed by atoms with van der Waals surface area (Å²) in [5, 5.41) is 10.8.